The quantitative estimate of drug-likeness (QED) is 0.283. The van der Waals surface area contributed by atoms with Gasteiger partial charge >= 0.3 is 0 Å². The van der Waals surface area contributed by atoms with Gasteiger partial charge in [-0.1, -0.05) is 40.3 Å². The second-order valence-corrected chi connectivity index (χ2v) is 10.8. The molecule has 204 valence electrons. The Morgan fingerprint density at radius 1 is 1.15 bits per heavy atom. The summed E-state index contributed by atoms with van der Waals surface area (Å²) in [6.07, 6.45) is 3.62. The number of aromatic nitrogens is 6. The summed E-state index contributed by atoms with van der Waals surface area (Å²) >= 11 is 13.4. The first-order valence-corrected chi connectivity index (χ1v) is 14.2. The van der Waals surface area contributed by atoms with E-state index in [-0.39, 0.29) is 11.8 Å². The van der Waals surface area contributed by atoms with Gasteiger partial charge in [0.2, 0.25) is 5.91 Å². The number of para-hydroxylation sites is 1. The highest BCUT2D eigenvalue weighted by Gasteiger charge is 2.19. The van der Waals surface area contributed by atoms with Crippen LogP contribution in [0.5, 0.6) is 0 Å². The van der Waals surface area contributed by atoms with Crippen LogP contribution < -0.4 is 15.5 Å². The van der Waals surface area contributed by atoms with Crippen LogP contribution in [0.1, 0.15) is 11.4 Å². The third-order valence-corrected chi connectivity index (χ3v) is 7.78. The lowest BCUT2D eigenvalue weighted by Gasteiger charge is -2.35. The van der Waals surface area contributed by atoms with Gasteiger partial charge in [-0.2, -0.15) is 0 Å². The number of rotatable bonds is 9. The fourth-order valence-electron chi connectivity index (χ4n) is 4.34. The van der Waals surface area contributed by atoms with E-state index in [9.17, 15) is 4.79 Å². The summed E-state index contributed by atoms with van der Waals surface area (Å²) in [6, 6.07) is 7.68. The Bertz CT molecular complexity index is 1430. The van der Waals surface area contributed by atoms with Crippen molar-refractivity contribution in [3.8, 4) is 16.3 Å². The summed E-state index contributed by atoms with van der Waals surface area (Å²) in [5.41, 5.74) is 2.53. The summed E-state index contributed by atoms with van der Waals surface area (Å²) in [5.74, 6) is 2.08. The Morgan fingerprint density at radius 3 is 2.74 bits per heavy atom. The minimum Gasteiger partial charge on any atom is -0.354 e. The van der Waals surface area contributed by atoms with Crippen LogP contribution in [0.4, 0.5) is 16.8 Å². The van der Waals surface area contributed by atoms with Crippen molar-refractivity contribution in [2.75, 3.05) is 55.4 Å². The third-order valence-electron chi connectivity index (χ3n) is 6.30. The van der Waals surface area contributed by atoms with Crippen molar-refractivity contribution < 1.29 is 4.79 Å². The summed E-state index contributed by atoms with van der Waals surface area (Å²) in [4.78, 5) is 30.5. The molecule has 0 aliphatic carbocycles. The van der Waals surface area contributed by atoms with Gasteiger partial charge in [0.25, 0.3) is 0 Å². The number of nitrogens with one attached hydrogen (secondary N) is 2. The minimum atomic E-state index is -0.141. The molecule has 0 unspecified atom stereocenters. The molecule has 0 radical (unpaired) electrons. The van der Waals surface area contributed by atoms with Crippen LogP contribution >= 0.6 is 34.5 Å². The van der Waals surface area contributed by atoms with E-state index in [1.54, 1.807) is 10.9 Å². The highest BCUT2D eigenvalue weighted by atomic mass is 35.5. The van der Waals surface area contributed by atoms with Crippen LogP contribution in [-0.2, 0) is 4.79 Å². The standard InChI is InChI=1S/C25H28Cl2N10OS/c1-16-4-3-5-18(27)24(16)37-15-19(33-34-37)20-14-29-25(39-20)32-21-12-22(31-17(2)30-21)36-10-8-35(9-11-36)7-6-28-23(38)13-26/h3-5,12,14-15H,6-11,13H2,1-2H3,(H,28,38)(H,29,30,31,32). The normalized spacial score (nSPS) is 14.0. The Labute approximate surface area is 240 Å². The molecule has 1 aromatic carbocycles. The molecule has 0 bridgehead atoms. The zero-order valence-electron chi connectivity index (χ0n) is 21.6. The number of aryl methyl sites for hydroxylation is 2. The van der Waals surface area contributed by atoms with Gasteiger partial charge in [-0.15, -0.1) is 16.7 Å². The van der Waals surface area contributed by atoms with Gasteiger partial charge in [0.05, 0.1) is 21.8 Å². The number of hydrogen-bond acceptors (Lipinski definition) is 10. The largest absolute Gasteiger partial charge is 0.354 e. The molecule has 0 atom stereocenters. The van der Waals surface area contributed by atoms with Gasteiger partial charge in [-0.25, -0.2) is 19.6 Å². The van der Waals surface area contributed by atoms with E-state index < -0.39 is 0 Å². The number of benzene rings is 1. The first-order valence-electron chi connectivity index (χ1n) is 12.5. The Morgan fingerprint density at radius 2 is 1.97 bits per heavy atom. The molecule has 3 aromatic heterocycles. The lowest BCUT2D eigenvalue weighted by molar-refractivity contribution is -0.118. The van der Waals surface area contributed by atoms with Crippen molar-refractivity contribution in [1.82, 2.24) is 40.2 Å². The fourth-order valence-corrected chi connectivity index (χ4v) is 5.51. The third kappa shape index (κ3) is 6.64. The molecule has 1 saturated heterocycles. The minimum absolute atomic E-state index is 0.00949. The lowest BCUT2D eigenvalue weighted by Crippen LogP contribution is -2.48. The summed E-state index contributed by atoms with van der Waals surface area (Å²) in [6.45, 7) is 8.69. The van der Waals surface area contributed by atoms with Gasteiger partial charge in [0.1, 0.15) is 29.0 Å². The van der Waals surface area contributed by atoms with Crippen LogP contribution in [0.3, 0.4) is 0 Å². The molecular weight excluding hydrogens is 559 g/mol. The van der Waals surface area contributed by atoms with E-state index >= 15 is 0 Å². The first kappa shape index (κ1) is 27.3. The van der Waals surface area contributed by atoms with E-state index in [2.05, 4.69) is 45.7 Å². The van der Waals surface area contributed by atoms with Crippen LogP contribution in [0.15, 0.2) is 36.7 Å². The molecule has 2 N–H and O–H groups in total. The van der Waals surface area contributed by atoms with Crippen LogP contribution in [0, 0.1) is 13.8 Å². The van der Waals surface area contributed by atoms with Crippen molar-refractivity contribution in [3.63, 3.8) is 0 Å². The predicted molar refractivity (Wildman–Crippen MR) is 155 cm³/mol. The van der Waals surface area contributed by atoms with E-state index in [4.69, 9.17) is 23.2 Å². The van der Waals surface area contributed by atoms with Crippen molar-refractivity contribution in [1.29, 1.82) is 0 Å². The smallest absolute Gasteiger partial charge is 0.234 e. The average Bonchev–Trinajstić information content (AvgIpc) is 3.59. The van der Waals surface area contributed by atoms with Gasteiger partial charge < -0.3 is 15.5 Å². The zero-order valence-corrected chi connectivity index (χ0v) is 23.9. The number of carbonyl (C=O) groups excluding carboxylic acids is 1. The topological polar surface area (TPSA) is 117 Å². The van der Waals surface area contributed by atoms with Crippen LogP contribution in [0.25, 0.3) is 16.3 Å². The first-order chi connectivity index (χ1) is 18.9. The molecule has 14 heteroatoms. The molecule has 4 aromatic rings. The molecule has 1 aliphatic rings. The molecular formula is C25H28Cl2N10OS. The van der Waals surface area contributed by atoms with Crippen molar-refractivity contribution in [2.24, 2.45) is 0 Å². The number of thiazole rings is 1. The number of alkyl halides is 1. The monoisotopic (exact) mass is 586 g/mol. The van der Waals surface area contributed by atoms with Crippen molar-refractivity contribution in [3.05, 3.63) is 53.1 Å². The molecule has 0 spiro atoms. The Hall–Kier alpha value is -3.32. The second kappa shape index (κ2) is 12.2. The highest BCUT2D eigenvalue weighted by molar-refractivity contribution is 7.18. The maximum absolute atomic E-state index is 11.3. The number of anilines is 3. The molecule has 5 rings (SSSR count). The fraction of sp³-hybridized carbons (Fsp3) is 0.360. The van der Waals surface area contributed by atoms with Crippen molar-refractivity contribution >= 4 is 57.2 Å². The number of carbonyl (C=O) groups is 1. The van der Waals surface area contributed by atoms with Gasteiger partial charge in [0.15, 0.2) is 5.13 Å². The van der Waals surface area contributed by atoms with Crippen molar-refractivity contribution in [2.45, 2.75) is 13.8 Å². The zero-order chi connectivity index (χ0) is 27.4. The maximum Gasteiger partial charge on any atom is 0.234 e. The molecule has 39 heavy (non-hydrogen) atoms. The molecule has 1 amide bonds. The van der Waals surface area contributed by atoms with E-state index in [1.165, 1.54) is 11.3 Å². The molecule has 11 nitrogen and oxygen atoms in total. The van der Waals surface area contributed by atoms with Gasteiger partial charge in [-0.05, 0) is 25.5 Å². The number of piperazine rings is 1. The number of halogens is 2. The summed E-state index contributed by atoms with van der Waals surface area (Å²) in [5, 5.41) is 16.0. The molecule has 1 fully saturated rings. The molecule has 4 heterocycles. The number of nitrogens with zero attached hydrogens (tertiary/aromatic N) is 8. The second-order valence-electron chi connectivity index (χ2n) is 9.08. The number of hydrogen-bond donors (Lipinski definition) is 2. The Balaban J connectivity index is 1.22. The van der Waals surface area contributed by atoms with Gasteiger partial charge in [0, 0.05) is 51.5 Å². The summed E-state index contributed by atoms with van der Waals surface area (Å²) in [7, 11) is 0. The highest BCUT2D eigenvalue weighted by Crippen LogP contribution is 2.31. The summed E-state index contributed by atoms with van der Waals surface area (Å²) < 4.78 is 1.69. The number of amides is 1. The average molecular weight is 588 g/mol. The SMILES string of the molecule is Cc1nc(Nc2ncc(-c3cn(-c4c(C)cccc4Cl)nn3)s2)cc(N2CCN(CCNC(=O)CCl)CC2)n1. The predicted octanol–water partition coefficient (Wildman–Crippen LogP) is 3.67. The van der Waals surface area contributed by atoms with E-state index in [0.717, 1.165) is 54.7 Å². The van der Waals surface area contributed by atoms with E-state index in [0.29, 0.717) is 34.0 Å². The maximum atomic E-state index is 11.3. The Kier molecular flexibility index (Phi) is 8.56. The molecule has 0 saturated carbocycles. The molecule has 1 aliphatic heterocycles. The van der Waals surface area contributed by atoms with Crippen LogP contribution in [-0.4, -0.2) is 85.9 Å². The van der Waals surface area contributed by atoms with Crippen LogP contribution in [0.2, 0.25) is 5.02 Å². The van der Waals surface area contributed by atoms with Gasteiger partial charge in [-0.3, -0.25) is 9.69 Å². The lowest BCUT2D eigenvalue weighted by atomic mass is 10.2. The van der Waals surface area contributed by atoms with E-state index in [1.807, 2.05) is 44.3 Å².